The van der Waals surface area contributed by atoms with E-state index in [1.165, 1.54) is 5.01 Å². The molecule has 1 aromatic heterocycles. The Bertz CT molecular complexity index is 294. The van der Waals surface area contributed by atoms with Crippen molar-refractivity contribution >= 4 is 11.3 Å². The van der Waals surface area contributed by atoms with Crippen molar-refractivity contribution in [1.29, 1.82) is 0 Å². The van der Waals surface area contributed by atoms with Crippen LogP contribution in [0.25, 0.3) is 0 Å². The summed E-state index contributed by atoms with van der Waals surface area (Å²) >= 11 is 1.72. The Morgan fingerprint density at radius 1 is 1.47 bits per heavy atom. The fraction of sp³-hybridized carbons (Fsp3) is 0.727. The van der Waals surface area contributed by atoms with Crippen molar-refractivity contribution in [2.45, 2.75) is 39.8 Å². The maximum Gasteiger partial charge on any atom is 0.107 e. The number of hydrogen-bond acceptors (Lipinski definition) is 4. The molecule has 0 aliphatic carbocycles. The Kier molecular flexibility index (Phi) is 4.70. The van der Waals surface area contributed by atoms with Crippen LogP contribution < -0.4 is 10.6 Å². The van der Waals surface area contributed by atoms with E-state index in [2.05, 4.69) is 41.8 Å². The number of aryl methyl sites for hydroxylation is 1. The number of thiazole rings is 1. The van der Waals surface area contributed by atoms with Gasteiger partial charge in [-0.3, -0.25) is 0 Å². The van der Waals surface area contributed by atoms with Crippen LogP contribution >= 0.6 is 11.3 Å². The number of nitrogens with zero attached hydrogens (tertiary/aromatic N) is 1. The number of likely N-dealkylation sites (N-methyl/N-ethyl adjacent to an activating group) is 1. The van der Waals surface area contributed by atoms with E-state index in [4.69, 9.17) is 0 Å². The van der Waals surface area contributed by atoms with Crippen molar-refractivity contribution in [3.05, 3.63) is 16.1 Å². The van der Waals surface area contributed by atoms with Gasteiger partial charge in [-0.1, -0.05) is 6.92 Å². The fourth-order valence-corrected chi connectivity index (χ4v) is 2.25. The van der Waals surface area contributed by atoms with Gasteiger partial charge in [0.1, 0.15) is 5.01 Å². The molecule has 0 spiro atoms. The van der Waals surface area contributed by atoms with Crippen molar-refractivity contribution in [3.8, 4) is 0 Å². The van der Waals surface area contributed by atoms with Gasteiger partial charge in [-0.05, 0) is 27.3 Å². The lowest BCUT2D eigenvalue weighted by Crippen LogP contribution is -2.47. The molecule has 1 heterocycles. The third kappa shape index (κ3) is 4.73. The second-order valence-corrected chi connectivity index (χ2v) is 5.34. The topological polar surface area (TPSA) is 37.0 Å². The van der Waals surface area contributed by atoms with E-state index in [1.807, 2.05) is 6.92 Å². The zero-order chi connectivity index (χ0) is 11.3. The van der Waals surface area contributed by atoms with E-state index in [1.54, 1.807) is 11.3 Å². The average Bonchev–Trinajstić information content (AvgIpc) is 2.51. The first kappa shape index (κ1) is 12.6. The van der Waals surface area contributed by atoms with Crippen molar-refractivity contribution in [2.75, 3.05) is 13.1 Å². The van der Waals surface area contributed by atoms with E-state index >= 15 is 0 Å². The Labute approximate surface area is 96.3 Å². The summed E-state index contributed by atoms with van der Waals surface area (Å²) in [5, 5.41) is 10.1. The van der Waals surface area contributed by atoms with Gasteiger partial charge in [0.2, 0.25) is 0 Å². The van der Waals surface area contributed by atoms with E-state index < -0.39 is 0 Å². The smallest absolute Gasteiger partial charge is 0.107 e. The maximum absolute atomic E-state index is 4.41. The minimum Gasteiger partial charge on any atom is -0.311 e. The third-order valence-corrected chi connectivity index (χ3v) is 3.13. The number of rotatable bonds is 6. The van der Waals surface area contributed by atoms with Gasteiger partial charge >= 0.3 is 0 Å². The molecule has 1 rings (SSSR count). The Balaban J connectivity index is 2.27. The summed E-state index contributed by atoms with van der Waals surface area (Å²) in [5.41, 5.74) is 1.27. The van der Waals surface area contributed by atoms with E-state index in [0.29, 0.717) is 0 Å². The average molecular weight is 227 g/mol. The van der Waals surface area contributed by atoms with Crippen molar-refractivity contribution in [1.82, 2.24) is 15.6 Å². The summed E-state index contributed by atoms with van der Waals surface area (Å²) in [6, 6.07) is 0. The van der Waals surface area contributed by atoms with Gasteiger partial charge in [-0.25, -0.2) is 4.98 Å². The number of nitrogens with one attached hydrogen (secondary N) is 2. The predicted octanol–water partition coefficient (Wildman–Crippen LogP) is 1.93. The molecule has 0 aliphatic heterocycles. The van der Waals surface area contributed by atoms with Crippen molar-refractivity contribution < 1.29 is 0 Å². The van der Waals surface area contributed by atoms with Crippen LogP contribution in [-0.4, -0.2) is 23.6 Å². The van der Waals surface area contributed by atoms with E-state index in [-0.39, 0.29) is 5.54 Å². The van der Waals surface area contributed by atoms with Crippen molar-refractivity contribution in [2.24, 2.45) is 0 Å². The second kappa shape index (κ2) is 5.58. The standard InChI is InChI=1S/C11H21N3S/c1-5-13-11(3,4)8-12-6-10-14-9(2)7-15-10/h7,12-13H,5-6,8H2,1-4H3. The molecule has 0 atom stereocenters. The Morgan fingerprint density at radius 2 is 2.20 bits per heavy atom. The largest absolute Gasteiger partial charge is 0.311 e. The third-order valence-electron chi connectivity index (χ3n) is 2.17. The van der Waals surface area contributed by atoms with Crippen LogP contribution in [-0.2, 0) is 6.54 Å². The first-order chi connectivity index (χ1) is 7.03. The zero-order valence-corrected chi connectivity index (χ0v) is 10.9. The van der Waals surface area contributed by atoms with Gasteiger partial charge in [-0.15, -0.1) is 11.3 Å². The molecule has 0 unspecified atom stereocenters. The lowest BCUT2D eigenvalue weighted by Gasteiger charge is -2.25. The molecule has 0 radical (unpaired) electrons. The van der Waals surface area contributed by atoms with Gasteiger partial charge < -0.3 is 10.6 Å². The molecule has 0 amide bonds. The summed E-state index contributed by atoms with van der Waals surface area (Å²) < 4.78 is 0. The van der Waals surface area contributed by atoms with Crippen LogP contribution in [0.2, 0.25) is 0 Å². The van der Waals surface area contributed by atoms with Gasteiger partial charge in [-0.2, -0.15) is 0 Å². The molecule has 0 aromatic carbocycles. The van der Waals surface area contributed by atoms with E-state index in [0.717, 1.165) is 25.3 Å². The first-order valence-corrected chi connectivity index (χ1v) is 6.28. The van der Waals surface area contributed by atoms with Crippen molar-refractivity contribution in [3.63, 3.8) is 0 Å². The molecule has 3 nitrogen and oxygen atoms in total. The molecule has 86 valence electrons. The van der Waals surface area contributed by atoms with Crippen LogP contribution in [0.4, 0.5) is 0 Å². The summed E-state index contributed by atoms with van der Waals surface area (Å²) in [7, 11) is 0. The molecule has 0 saturated carbocycles. The van der Waals surface area contributed by atoms with E-state index in [9.17, 15) is 0 Å². The molecule has 1 aromatic rings. The minimum absolute atomic E-state index is 0.154. The molecule has 0 saturated heterocycles. The first-order valence-electron chi connectivity index (χ1n) is 5.40. The van der Waals surface area contributed by atoms with Crippen LogP contribution in [0.3, 0.4) is 0 Å². The highest BCUT2D eigenvalue weighted by Gasteiger charge is 2.14. The summed E-state index contributed by atoms with van der Waals surface area (Å²) in [4.78, 5) is 4.41. The molecular weight excluding hydrogens is 206 g/mol. The minimum atomic E-state index is 0.154. The molecular formula is C11H21N3S. The highest BCUT2D eigenvalue weighted by atomic mass is 32.1. The van der Waals surface area contributed by atoms with Crippen LogP contribution in [0.5, 0.6) is 0 Å². The molecule has 0 fully saturated rings. The lowest BCUT2D eigenvalue weighted by atomic mass is 10.1. The molecule has 15 heavy (non-hydrogen) atoms. The molecule has 0 aliphatic rings. The van der Waals surface area contributed by atoms with Gasteiger partial charge in [0.05, 0.1) is 0 Å². The van der Waals surface area contributed by atoms with Crippen LogP contribution in [0, 0.1) is 6.92 Å². The predicted molar refractivity (Wildman–Crippen MR) is 66.3 cm³/mol. The normalized spacial score (nSPS) is 12.0. The molecule has 0 bridgehead atoms. The highest BCUT2D eigenvalue weighted by molar-refractivity contribution is 7.09. The highest BCUT2D eigenvalue weighted by Crippen LogP contribution is 2.08. The van der Waals surface area contributed by atoms with Crippen LogP contribution in [0.15, 0.2) is 5.38 Å². The maximum atomic E-state index is 4.41. The Hall–Kier alpha value is -0.450. The Morgan fingerprint density at radius 3 is 2.73 bits per heavy atom. The molecule has 4 heteroatoms. The molecule has 2 N–H and O–H groups in total. The monoisotopic (exact) mass is 227 g/mol. The lowest BCUT2D eigenvalue weighted by molar-refractivity contribution is 0.373. The van der Waals surface area contributed by atoms with Gasteiger partial charge in [0.15, 0.2) is 0 Å². The fourth-order valence-electron chi connectivity index (χ4n) is 1.51. The second-order valence-electron chi connectivity index (χ2n) is 4.40. The summed E-state index contributed by atoms with van der Waals surface area (Å²) in [5.74, 6) is 0. The van der Waals surface area contributed by atoms with Gasteiger partial charge in [0.25, 0.3) is 0 Å². The summed E-state index contributed by atoms with van der Waals surface area (Å²) in [6.45, 7) is 11.4. The summed E-state index contributed by atoms with van der Waals surface area (Å²) in [6.07, 6.45) is 0. The van der Waals surface area contributed by atoms with Gasteiger partial charge in [0, 0.05) is 29.7 Å². The zero-order valence-electron chi connectivity index (χ0n) is 10.1. The van der Waals surface area contributed by atoms with Crippen LogP contribution in [0.1, 0.15) is 31.5 Å². The SMILES string of the molecule is CCNC(C)(C)CNCc1nc(C)cs1. The quantitative estimate of drug-likeness (QED) is 0.780. The number of aromatic nitrogens is 1. The number of hydrogen-bond donors (Lipinski definition) is 2.